The smallest absolute Gasteiger partial charge is 0.338 e. The fraction of sp³-hybridized carbons (Fsp3) is 0.304. The Kier molecular flexibility index (Phi) is 5.72. The van der Waals surface area contributed by atoms with Gasteiger partial charge in [0.05, 0.1) is 17.4 Å². The van der Waals surface area contributed by atoms with Gasteiger partial charge < -0.3 is 9.64 Å². The van der Waals surface area contributed by atoms with Crippen molar-refractivity contribution in [1.29, 1.82) is 0 Å². The van der Waals surface area contributed by atoms with Crippen molar-refractivity contribution in [2.45, 2.75) is 31.7 Å². The van der Waals surface area contributed by atoms with Crippen LogP contribution in [0.4, 0.5) is 5.69 Å². The van der Waals surface area contributed by atoms with Crippen LogP contribution in [0.3, 0.4) is 0 Å². The van der Waals surface area contributed by atoms with E-state index in [0.29, 0.717) is 11.3 Å². The highest BCUT2D eigenvalue weighted by atomic mass is 32.2. The summed E-state index contributed by atoms with van der Waals surface area (Å²) in [5, 5.41) is 1.13. The highest BCUT2D eigenvalue weighted by Gasteiger charge is 2.32. The first-order valence-electron chi connectivity index (χ1n) is 10.00. The van der Waals surface area contributed by atoms with E-state index in [-0.39, 0.29) is 5.75 Å². The van der Waals surface area contributed by atoms with Crippen molar-refractivity contribution in [2.24, 2.45) is 0 Å². The molecule has 0 radical (unpaired) electrons. The highest BCUT2D eigenvalue weighted by molar-refractivity contribution is 7.94. The maximum atomic E-state index is 12.9. The highest BCUT2D eigenvalue weighted by Crippen LogP contribution is 2.24. The lowest BCUT2D eigenvalue weighted by atomic mass is 9.90. The molecule has 0 saturated carbocycles. The minimum atomic E-state index is -3.35. The van der Waals surface area contributed by atoms with Gasteiger partial charge in [-0.3, -0.25) is 4.79 Å². The van der Waals surface area contributed by atoms with Crippen LogP contribution in [0.1, 0.15) is 34.3 Å². The molecule has 30 heavy (non-hydrogen) atoms. The third-order valence-corrected chi connectivity index (χ3v) is 6.83. The normalized spacial score (nSPS) is 19.1. The van der Waals surface area contributed by atoms with Crippen LogP contribution in [0.2, 0.25) is 0 Å². The summed E-state index contributed by atoms with van der Waals surface area (Å²) in [7, 11) is -3.35. The van der Waals surface area contributed by atoms with Crippen molar-refractivity contribution in [3.63, 3.8) is 0 Å². The van der Waals surface area contributed by atoms with E-state index in [1.54, 1.807) is 30.3 Å². The second-order valence-corrected chi connectivity index (χ2v) is 9.52. The molecule has 1 heterocycles. The van der Waals surface area contributed by atoms with E-state index in [1.807, 2.05) is 18.2 Å². The quantitative estimate of drug-likeness (QED) is 0.688. The van der Waals surface area contributed by atoms with E-state index in [1.165, 1.54) is 16.5 Å². The Morgan fingerprint density at radius 2 is 1.73 bits per heavy atom. The molecule has 0 saturated heterocycles. The number of fused-ring (bicyclic) bond motifs is 1. The van der Waals surface area contributed by atoms with Crippen molar-refractivity contribution in [3.05, 3.63) is 76.7 Å². The summed E-state index contributed by atoms with van der Waals surface area (Å²) in [6.07, 6.45) is 5.72. The Morgan fingerprint density at radius 3 is 2.43 bits per heavy atom. The van der Waals surface area contributed by atoms with Crippen molar-refractivity contribution in [2.75, 3.05) is 17.3 Å². The van der Waals surface area contributed by atoms with Gasteiger partial charge in [0.25, 0.3) is 5.91 Å². The predicted octanol–water partition coefficient (Wildman–Crippen LogP) is 3.07. The number of rotatable bonds is 5. The number of hydrogen-bond acceptors (Lipinski definition) is 5. The first-order chi connectivity index (χ1) is 14.4. The molecule has 0 bridgehead atoms. The zero-order chi connectivity index (χ0) is 21.1. The molecule has 2 aromatic carbocycles. The summed E-state index contributed by atoms with van der Waals surface area (Å²) in [6, 6.07) is 13.7. The Balaban J connectivity index is 1.48. The molecule has 7 heteroatoms. The molecule has 4 rings (SSSR count). The summed E-state index contributed by atoms with van der Waals surface area (Å²) in [6.45, 7) is -0.463. The third-order valence-electron chi connectivity index (χ3n) is 5.46. The lowest BCUT2D eigenvalue weighted by molar-refractivity contribution is -0.121. The number of nitrogens with zero attached hydrogens (tertiary/aromatic N) is 1. The fourth-order valence-corrected chi connectivity index (χ4v) is 5.24. The molecule has 1 amide bonds. The molecule has 1 atom stereocenters. The SMILES string of the molecule is O=C(OCC(=O)N(c1ccccc1)C1C=CS(=O)(=O)C1)c1ccc2c(c1)CCCC2. The molecular formula is C23H23NO5S. The van der Waals surface area contributed by atoms with Gasteiger partial charge in [-0.05, 0) is 67.2 Å². The number of aryl methyl sites for hydroxylation is 2. The van der Waals surface area contributed by atoms with Crippen LogP contribution in [-0.4, -0.2) is 38.7 Å². The maximum absolute atomic E-state index is 12.9. The topological polar surface area (TPSA) is 80.8 Å². The molecule has 1 aliphatic heterocycles. The zero-order valence-corrected chi connectivity index (χ0v) is 17.3. The van der Waals surface area contributed by atoms with Gasteiger partial charge in [0.2, 0.25) is 0 Å². The largest absolute Gasteiger partial charge is 0.452 e. The summed E-state index contributed by atoms with van der Waals surface area (Å²) in [5.41, 5.74) is 3.41. The molecule has 2 aromatic rings. The molecule has 1 unspecified atom stereocenters. The zero-order valence-electron chi connectivity index (χ0n) is 16.5. The van der Waals surface area contributed by atoms with E-state index in [2.05, 4.69) is 0 Å². The first kappa shape index (κ1) is 20.3. The third kappa shape index (κ3) is 4.46. The van der Waals surface area contributed by atoms with Crippen LogP contribution in [0.15, 0.2) is 60.0 Å². The van der Waals surface area contributed by atoms with Gasteiger partial charge >= 0.3 is 5.97 Å². The van der Waals surface area contributed by atoms with Gasteiger partial charge in [0.1, 0.15) is 0 Å². The molecule has 6 nitrogen and oxygen atoms in total. The summed E-state index contributed by atoms with van der Waals surface area (Å²) in [4.78, 5) is 26.8. The number of esters is 1. The van der Waals surface area contributed by atoms with Crippen LogP contribution in [0.25, 0.3) is 0 Å². The molecule has 0 fully saturated rings. The second-order valence-electron chi connectivity index (χ2n) is 7.59. The molecule has 1 aliphatic carbocycles. The number of carbonyl (C=O) groups excluding carboxylic acids is 2. The van der Waals surface area contributed by atoms with Crippen molar-refractivity contribution >= 4 is 27.4 Å². The summed E-state index contributed by atoms with van der Waals surface area (Å²) >= 11 is 0. The number of carbonyl (C=O) groups is 2. The maximum Gasteiger partial charge on any atom is 0.338 e. The van der Waals surface area contributed by atoms with Crippen LogP contribution in [-0.2, 0) is 32.2 Å². The minimum Gasteiger partial charge on any atom is -0.452 e. The summed E-state index contributed by atoms with van der Waals surface area (Å²) in [5.74, 6) is -1.22. The second kappa shape index (κ2) is 8.44. The van der Waals surface area contributed by atoms with Gasteiger partial charge in [0.15, 0.2) is 16.4 Å². The van der Waals surface area contributed by atoms with E-state index < -0.39 is 34.4 Å². The number of sulfone groups is 1. The first-order valence-corrected chi connectivity index (χ1v) is 11.7. The van der Waals surface area contributed by atoms with Crippen LogP contribution in [0.5, 0.6) is 0 Å². The monoisotopic (exact) mass is 425 g/mol. The van der Waals surface area contributed by atoms with Gasteiger partial charge in [-0.2, -0.15) is 0 Å². The molecule has 0 spiro atoms. The number of amides is 1. The fourth-order valence-electron chi connectivity index (χ4n) is 3.97. The Labute approximate surface area is 176 Å². The van der Waals surface area contributed by atoms with Crippen molar-refractivity contribution in [3.8, 4) is 0 Å². The van der Waals surface area contributed by atoms with Crippen molar-refractivity contribution < 1.29 is 22.7 Å². The lowest BCUT2D eigenvalue weighted by Crippen LogP contribution is -2.43. The van der Waals surface area contributed by atoms with Crippen molar-refractivity contribution in [1.82, 2.24) is 0 Å². The molecule has 2 aliphatic rings. The lowest BCUT2D eigenvalue weighted by Gasteiger charge is -2.27. The van der Waals surface area contributed by atoms with Crippen LogP contribution in [0, 0.1) is 0 Å². The van der Waals surface area contributed by atoms with Crippen LogP contribution < -0.4 is 4.90 Å². The Morgan fingerprint density at radius 1 is 1.00 bits per heavy atom. The Bertz CT molecular complexity index is 1090. The average molecular weight is 426 g/mol. The van der Waals surface area contributed by atoms with E-state index in [9.17, 15) is 18.0 Å². The standard InChI is InChI=1S/C23H23NO5S/c25-22(15-29-23(26)19-11-10-17-6-4-5-7-18(17)14-19)24(20-8-2-1-3-9-20)21-12-13-30(27,28)16-21/h1-3,8-14,21H,4-7,15-16H2. The molecular weight excluding hydrogens is 402 g/mol. The summed E-state index contributed by atoms with van der Waals surface area (Å²) < 4.78 is 29.0. The molecule has 0 N–H and O–H groups in total. The predicted molar refractivity (Wildman–Crippen MR) is 114 cm³/mol. The van der Waals surface area contributed by atoms with E-state index in [4.69, 9.17) is 4.74 Å². The van der Waals surface area contributed by atoms with Crippen LogP contribution >= 0.6 is 0 Å². The van der Waals surface area contributed by atoms with Gasteiger partial charge in [-0.15, -0.1) is 0 Å². The van der Waals surface area contributed by atoms with Gasteiger partial charge in [-0.25, -0.2) is 13.2 Å². The van der Waals surface area contributed by atoms with Gasteiger partial charge in [-0.1, -0.05) is 24.3 Å². The number of para-hydroxylation sites is 1. The number of benzene rings is 2. The van der Waals surface area contributed by atoms with E-state index >= 15 is 0 Å². The molecule has 0 aromatic heterocycles. The number of ether oxygens (including phenoxy) is 1. The van der Waals surface area contributed by atoms with Gasteiger partial charge in [0, 0.05) is 11.1 Å². The minimum absolute atomic E-state index is 0.188. The Hall–Kier alpha value is -2.93. The number of hydrogen-bond donors (Lipinski definition) is 0. The average Bonchev–Trinajstić information content (AvgIpc) is 3.11. The van der Waals surface area contributed by atoms with E-state index in [0.717, 1.165) is 36.7 Å². The number of anilines is 1. The molecule has 156 valence electrons.